The van der Waals surface area contributed by atoms with Crippen molar-refractivity contribution < 1.29 is 23.5 Å². The minimum atomic E-state index is -1.28. The van der Waals surface area contributed by atoms with Crippen molar-refractivity contribution in [2.45, 2.75) is 12.5 Å². The Balaban J connectivity index is 2.12. The first-order chi connectivity index (χ1) is 11.0. The molecule has 1 unspecified atom stereocenters. The number of ether oxygens (including phenoxy) is 2. The molecular formula is C16H18N2O5. The Kier molecular flexibility index (Phi) is 3.73. The van der Waals surface area contributed by atoms with Crippen LogP contribution in [0.4, 0.5) is 0 Å². The molecule has 23 heavy (non-hydrogen) atoms. The van der Waals surface area contributed by atoms with Gasteiger partial charge < -0.3 is 24.5 Å². The van der Waals surface area contributed by atoms with Crippen LogP contribution < -0.4 is 10.5 Å². The van der Waals surface area contributed by atoms with Crippen LogP contribution in [0.15, 0.2) is 28.7 Å². The molecule has 2 aromatic rings. The maximum Gasteiger partial charge on any atom is 0.294 e. The molecule has 1 aromatic carbocycles. The first kappa shape index (κ1) is 15.4. The van der Waals surface area contributed by atoms with Gasteiger partial charge in [0, 0.05) is 13.7 Å². The van der Waals surface area contributed by atoms with Crippen LogP contribution in [0.3, 0.4) is 0 Å². The van der Waals surface area contributed by atoms with E-state index in [0.29, 0.717) is 16.7 Å². The van der Waals surface area contributed by atoms with Crippen molar-refractivity contribution in [3.05, 3.63) is 30.0 Å². The van der Waals surface area contributed by atoms with E-state index in [1.54, 1.807) is 19.1 Å². The summed E-state index contributed by atoms with van der Waals surface area (Å²) >= 11 is 0. The molecule has 2 N–H and O–H groups in total. The SMILES string of the molecule is COCCN1C(=O)c2oc3ccccc3c2OCC1(C)C(N)=O. The second kappa shape index (κ2) is 5.58. The summed E-state index contributed by atoms with van der Waals surface area (Å²) in [5.41, 5.74) is 4.80. The number of hydrogen-bond acceptors (Lipinski definition) is 5. The number of methoxy groups -OCH3 is 1. The highest BCUT2D eigenvalue weighted by Gasteiger charge is 2.46. The van der Waals surface area contributed by atoms with Crippen LogP contribution in [-0.2, 0) is 9.53 Å². The van der Waals surface area contributed by atoms with Gasteiger partial charge in [-0.2, -0.15) is 0 Å². The summed E-state index contributed by atoms with van der Waals surface area (Å²) in [5, 5.41) is 0.691. The predicted octanol–water partition coefficient (Wildman–Crippen LogP) is 1.16. The van der Waals surface area contributed by atoms with Gasteiger partial charge >= 0.3 is 0 Å². The van der Waals surface area contributed by atoms with E-state index >= 15 is 0 Å². The number of primary amides is 1. The van der Waals surface area contributed by atoms with Gasteiger partial charge in [0.2, 0.25) is 11.7 Å². The lowest BCUT2D eigenvalue weighted by atomic mass is 10.00. The molecule has 0 spiro atoms. The van der Waals surface area contributed by atoms with Gasteiger partial charge in [-0.3, -0.25) is 9.59 Å². The van der Waals surface area contributed by atoms with E-state index in [4.69, 9.17) is 19.6 Å². The van der Waals surface area contributed by atoms with Crippen LogP contribution >= 0.6 is 0 Å². The normalized spacial score (nSPS) is 21.0. The number of para-hydroxylation sites is 1. The molecule has 7 nitrogen and oxygen atoms in total. The zero-order valence-corrected chi connectivity index (χ0v) is 13.0. The minimum Gasteiger partial charge on any atom is -0.486 e. The molecule has 2 amide bonds. The number of carbonyl (C=O) groups excluding carboxylic acids is 2. The summed E-state index contributed by atoms with van der Waals surface area (Å²) in [7, 11) is 1.52. The van der Waals surface area contributed by atoms with Crippen molar-refractivity contribution in [2.75, 3.05) is 26.9 Å². The molecule has 0 aliphatic carbocycles. The lowest BCUT2D eigenvalue weighted by molar-refractivity contribution is -0.129. The Hall–Kier alpha value is -2.54. The second-order valence-corrected chi connectivity index (χ2v) is 5.63. The van der Waals surface area contributed by atoms with E-state index in [0.717, 1.165) is 0 Å². The molecule has 0 saturated heterocycles. The molecule has 0 radical (unpaired) electrons. The third-order valence-electron chi connectivity index (χ3n) is 4.13. The monoisotopic (exact) mass is 318 g/mol. The van der Waals surface area contributed by atoms with E-state index in [9.17, 15) is 9.59 Å². The van der Waals surface area contributed by atoms with Crippen LogP contribution in [0.25, 0.3) is 11.0 Å². The number of furan rings is 1. The fraction of sp³-hybridized carbons (Fsp3) is 0.375. The summed E-state index contributed by atoms with van der Waals surface area (Å²) in [6.07, 6.45) is 0. The van der Waals surface area contributed by atoms with Gasteiger partial charge in [-0.05, 0) is 19.1 Å². The van der Waals surface area contributed by atoms with Gasteiger partial charge in [0.05, 0.1) is 12.0 Å². The molecule has 1 aliphatic rings. The van der Waals surface area contributed by atoms with E-state index in [1.165, 1.54) is 12.0 Å². The maximum absolute atomic E-state index is 12.9. The smallest absolute Gasteiger partial charge is 0.294 e. The van der Waals surface area contributed by atoms with E-state index in [2.05, 4.69) is 0 Å². The summed E-state index contributed by atoms with van der Waals surface area (Å²) in [6.45, 7) is 2.00. The maximum atomic E-state index is 12.9. The van der Waals surface area contributed by atoms with Crippen molar-refractivity contribution >= 4 is 22.8 Å². The molecule has 7 heteroatoms. The number of rotatable bonds is 4. The molecule has 3 rings (SSSR count). The highest BCUT2D eigenvalue weighted by molar-refractivity contribution is 6.04. The third kappa shape index (κ3) is 2.33. The van der Waals surface area contributed by atoms with Crippen molar-refractivity contribution in [1.82, 2.24) is 4.90 Å². The summed E-state index contributed by atoms with van der Waals surface area (Å²) in [5.74, 6) is -0.659. The molecule has 2 heterocycles. The van der Waals surface area contributed by atoms with Crippen LogP contribution in [-0.4, -0.2) is 49.1 Å². The molecular weight excluding hydrogens is 300 g/mol. The summed E-state index contributed by atoms with van der Waals surface area (Å²) in [4.78, 5) is 26.2. The number of nitrogens with two attached hydrogens (primary N) is 1. The topological polar surface area (TPSA) is 95.0 Å². The second-order valence-electron chi connectivity index (χ2n) is 5.63. The van der Waals surface area contributed by atoms with Crippen LogP contribution in [0.1, 0.15) is 17.5 Å². The Morgan fingerprint density at radius 3 is 2.87 bits per heavy atom. The Morgan fingerprint density at radius 2 is 2.17 bits per heavy atom. The first-order valence-electron chi connectivity index (χ1n) is 7.24. The molecule has 0 bridgehead atoms. The highest BCUT2D eigenvalue weighted by atomic mass is 16.5. The van der Waals surface area contributed by atoms with Crippen molar-refractivity contribution in [3.8, 4) is 5.75 Å². The molecule has 0 fully saturated rings. The standard InChI is InChI=1S/C16H18N2O5/c1-16(15(17)20)9-22-12-10-5-3-4-6-11(10)23-13(12)14(19)18(16)7-8-21-2/h3-6H,7-9H2,1-2H3,(H2,17,20). The zero-order valence-electron chi connectivity index (χ0n) is 13.0. The van der Waals surface area contributed by atoms with Crippen molar-refractivity contribution in [2.24, 2.45) is 5.73 Å². The Bertz CT molecular complexity index is 769. The number of hydrogen-bond donors (Lipinski definition) is 1. The molecule has 0 saturated carbocycles. The fourth-order valence-electron chi connectivity index (χ4n) is 2.68. The van der Waals surface area contributed by atoms with Gasteiger partial charge in [-0.25, -0.2) is 0 Å². The zero-order chi connectivity index (χ0) is 16.6. The molecule has 122 valence electrons. The number of fused-ring (bicyclic) bond motifs is 3. The minimum absolute atomic E-state index is 0.0473. The van der Waals surface area contributed by atoms with E-state index in [1.807, 2.05) is 12.1 Å². The largest absolute Gasteiger partial charge is 0.486 e. The predicted molar refractivity (Wildman–Crippen MR) is 82.2 cm³/mol. The van der Waals surface area contributed by atoms with Crippen molar-refractivity contribution in [3.63, 3.8) is 0 Å². The summed E-state index contributed by atoms with van der Waals surface area (Å²) in [6, 6.07) is 7.20. The van der Waals surface area contributed by atoms with Gasteiger partial charge in [0.1, 0.15) is 12.2 Å². The number of benzene rings is 1. The van der Waals surface area contributed by atoms with E-state index in [-0.39, 0.29) is 25.5 Å². The first-order valence-corrected chi connectivity index (χ1v) is 7.24. The third-order valence-corrected chi connectivity index (χ3v) is 4.13. The van der Waals surface area contributed by atoms with Crippen molar-refractivity contribution in [1.29, 1.82) is 0 Å². The lowest BCUT2D eigenvalue weighted by Crippen LogP contribution is -2.60. The van der Waals surface area contributed by atoms with E-state index < -0.39 is 17.4 Å². The average molecular weight is 318 g/mol. The van der Waals surface area contributed by atoms with Gasteiger partial charge in [0.15, 0.2) is 11.3 Å². The van der Waals surface area contributed by atoms with Crippen LogP contribution in [0, 0.1) is 0 Å². The fourth-order valence-corrected chi connectivity index (χ4v) is 2.68. The molecule has 1 atom stereocenters. The van der Waals surface area contributed by atoms with Crippen LogP contribution in [0.5, 0.6) is 5.75 Å². The quantitative estimate of drug-likeness (QED) is 0.912. The highest BCUT2D eigenvalue weighted by Crippen LogP contribution is 2.37. The van der Waals surface area contributed by atoms with Gasteiger partial charge in [-0.1, -0.05) is 12.1 Å². The Morgan fingerprint density at radius 1 is 1.43 bits per heavy atom. The van der Waals surface area contributed by atoms with Gasteiger partial charge in [0.25, 0.3) is 5.91 Å². The average Bonchev–Trinajstić information content (AvgIpc) is 2.86. The summed E-state index contributed by atoms with van der Waals surface area (Å²) < 4.78 is 16.5. The van der Waals surface area contributed by atoms with Gasteiger partial charge in [-0.15, -0.1) is 0 Å². The molecule has 1 aliphatic heterocycles. The number of carbonyl (C=O) groups is 2. The van der Waals surface area contributed by atoms with Crippen LogP contribution in [0.2, 0.25) is 0 Å². The lowest BCUT2D eigenvalue weighted by Gasteiger charge is -2.35. The Labute approximate surface area is 132 Å². The molecule has 1 aromatic heterocycles. The number of amides is 2. The number of nitrogens with zero attached hydrogens (tertiary/aromatic N) is 1.